The number of aliphatic hydroxyl groups excluding tert-OH is 1. The van der Waals surface area contributed by atoms with Crippen LogP contribution in [0.2, 0.25) is 0 Å². The van der Waals surface area contributed by atoms with Crippen molar-refractivity contribution in [3.63, 3.8) is 0 Å². The molecule has 28 heavy (non-hydrogen) atoms. The molecule has 8 heteroatoms. The fourth-order valence-corrected chi connectivity index (χ4v) is 4.56. The van der Waals surface area contributed by atoms with Crippen molar-refractivity contribution in [1.82, 2.24) is 10.2 Å². The number of halogens is 5. The van der Waals surface area contributed by atoms with Gasteiger partial charge in [-0.15, -0.1) is 24.8 Å². The summed E-state index contributed by atoms with van der Waals surface area (Å²) >= 11 is 0. The molecule has 0 radical (unpaired) electrons. The molecule has 3 unspecified atom stereocenters. The van der Waals surface area contributed by atoms with Crippen LogP contribution in [0.3, 0.4) is 0 Å². The van der Waals surface area contributed by atoms with Gasteiger partial charge in [-0.05, 0) is 50.4 Å². The Morgan fingerprint density at radius 2 is 1.89 bits per heavy atom. The summed E-state index contributed by atoms with van der Waals surface area (Å²) in [7, 11) is 1.95. The largest absolute Gasteiger partial charge is 0.416 e. The monoisotopic (exact) mass is 442 g/mol. The highest BCUT2D eigenvalue weighted by Gasteiger charge is 2.36. The maximum atomic E-state index is 13.2. The summed E-state index contributed by atoms with van der Waals surface area (Å²) in [5.74, 6) is -0.0379. The molecule has 1 aliphatic carbocycles. The lowest BCUT2D eigenvalue weighted by Crippen LogP contribution is -2.38. The van der Waals surface area contributed by atoms with Gasteiger partial charge in [-0.25, -0.2) is 0 Å². The van der Waals surface area contributed by atoms with E-state index in [2.05, 4.69) is 10.2 Å². The van der Waals surface area contributed by atoms with Gasteiger partial charge in [0.2, 0.25) is 0 Å². The number of hydrogen-bond donors (Lipinski definition) is 2. The number of nitrogens with zero attached hydrogens (tertiary/aromatic N) is 1. The average Bonchev–Trinajstić information content (AvgIpc) is 3.08. The minimum Gasteiger partial charge on any atom is -0.393 e. The van der Waals surface area contributed by atoms with Gasteiger partial charge in [-0.3, -0.25) is 0 Å². The second kappa shape index (κ2) is 11.0. The summed E-state index contributed by atoms with van der Waals surface area (Å²) in [5, 5.41) is 13.8. The smallest absolute Gasteiger partial charge is 0.393 e. The minimum atomic E-state index is -4.34. The Labute approximate surface area is 177 Å². The van der Waals surface area contributed by atoms with Crippen molar-refractivity contribution in [1.29, 1.82) is 0 Å². The number of likely N-dealkylation sites (tertiary alicyclic amines) is 1. The summed E-state index contributed by atoms with van der Waals surface area (Å²) in [5.41, 5.74) is 0.110. The third-order valence-corrected chi connectivity index (χ3v) is 6.08. The summed E-state index contributed by atoms with van der Waals surface area (Å²) in [6, 6.07) is 6.16. The lowest BCUT2D eigenvalue weighted by Gasteiger charge is -2.37. The molecule has 0 bridgehead atoms. The van der Waals surface area contributed by atoms with Crippen LogP contribution in [0, 0.1) is 5.92 Å². The highest BCUT2D eigenvalue weighted by molar-refractivity contribution is 5.85. The van der Waals surface area contributed by atoms with E-state index in [1.807, 2.05) is 7.05 Å². The first kappa shape index (κ1) is 25.5. The van der Waals surface area contributed by atoms with E-state index in [1.165, 1.54) is 12.1 Å². The van der Waals surface area contributed by atoms with Gasteiger partial charge in [-0.1, -0.05) is 31.0 Å². The number of rotatable bonds is 5. The van der Waals surface area contributed by atoms with E-state index in [0.29, 0.717) is 18.2 Å². The van der Waals surface area contributed by atoms with E-state index < -0.39 is 17.8 Å². The molecule has 2 aliphatic rings. The molecule has 0 amide bonds. The maximum absolute atomic E-state index is 13.2. The second-order valence-corrected chi connectivity index (χ2v) is 7.78. The molecular weight excluding hydrogens is 412 g/mol. The van der Waals surface area contributed by atoms with E-state index in [0.717, 1.165) is 51.3 Å². The zero-order valence-electron chi connectivity index (χ0n) is 16.1. The third-order valence-electron chi connectivity index (χ3n) is 6.08. The lowest BCUT2D eigenvalue weighted by atomic mass is 9.74. The van der Waals surface area contributed by atoms with Gasteiger partial charge in [0.15, 0.2) is 0 Å². The molecule has 1 aliphatic heterocycles. The number of aliphatic hydroxyl groups is 1. The molecule has 1 aromatic rings. The first-order valence-corrected chi connectivity index (χ1v) is 9.63. The fraction of sp³-hybridized carbons (Fsp3) is 0.700. The number of likely N-dealkylation sites (N-methyl/N-ethyl adjacent to an activating group) is 1. The number of benzene rings is 1. The van der Waals surface area contributed by atoms with Crippen LogP contribution in [0.4, 0.5) is 13.2 Å². The Balaban J connectivity index is 0.00000196. The predicted octanol–water partition coefficient (Wildman–Crippen LogP) is 4.48. The second-order valence-electron chi connectivity index (χ2n) is 7.78. The standard InChI is InChI=1S/C20H29F3N2O.2ClH/c1-24-16-9-10-25(12-16)13-18(17-7-2-3-8-19(17)26)14-5-4-6-15(11-14)20(21,22)23;;/h4-6,11,16-19,24,26H,2-3,7-10,12-13H2,1H3;2*1H/t16-,17?,18?,19?;;/m0../s1. The van der Waals surface area contributed by atoms with Crippen LogP contribution in [-0.2, 0) is 6.18 Å². The zero-order chi connectivity index (χ0) is 18.7. The Kier molecular flexibility index (Phi) is 10.0. The van der Waals surface area contributed by atoms with Crippen LogP contribution in [0.15, 0.2) is 24.3 Å². The van der Waals surface area contributed by atoms with Gasteiger partial charge in [0.25, 0.3) is 0 Å². The summed E-state index contributed by atoms with van der Waals surface area (Å²) in [4.78, 5) is 2.33. The topological polar surface area (TPSA) is 35.5 Å². The van der Waals surface area contributed by atoms with Gasteiger partial charge in [0.05, 0.1) is 11.7 Å². The van der Waals surface area contributed by atoms with E-state index in [4.69, 9.17) is 0 Å². The zero-order valence-corrected chi connectivity index (χ0v) is 17.8. The maximum Gasteiger partial charge on any atom is 0.416 e. The predicted molar refractivity (Wildman–Crippen MR) is 111 cm³/mol. The van der Waals surface area contributed by atoms with Crippen molar-refractivity contribution in [3.8, 4) is 0 Å². The molecule has 1 saturated carbocycles. The van der Waals surface area contributed by atoms with E-state index >= 15 is 0 Å². The van der Waals surface area contributed by atoms with Gasteiger partial charge >= 0.3 is 6.18 Å². The van der Waals surface area contributed by atoms with Crippen molar-refractivity contribution in [2.24, 2.45) is 5.92 Å². The van der Waals surface area contributed by atoms with Crippen molar-refractivity contribution in [2.75, 3.05) is 26.7 Å². The SMILES string of the molecule is CN[C@H]1CCN(CC(c2cccc(C(F)(F)F)c2)C2CCCCC2O)C1.Cl.Cl. The summed E-state index contributed by atoms with van der Waals surface area (Å²) < 4.78 is 39.6. The quantitative estimate of drug-likeness (QED) is 0.705. The molecule has 1 heterocycles. The van der Waals surface area contributed by atoms with Crippen LogP contribution in [0.1, 0.15) is 49.1 Å². The molecule has 1 saturated heterocycles. The molecule has 0 spiro atoms. The Morgan fingerprint density at radius 3 is 2.50 bits per heavy atom. The van der Waals surface area contributed by atoms with Gasteiger partial charge in [0.1, 0.15) is 0 Å². The Hall–Kier alpha value is -0.530. The Bertz CT molecular complexity index is 603. The van der Waals surface area contributed by atoms with Crippen molar-refractivity contribution in [2.45, 2.75) is 56.3 Å². The lowest BCUT2D eigenvalue weighted by molar-refractivity contribution is -0.137. The molecular formula is C20H31Cl2F3N2O. The highest BCUT2D eigenvalue weighted by atomic mass is 35.5. The molecule has 0 aromatic heterocycles. The molecule has 2 fully saturated rings. The first-order valence-electron chi connectivity index (χ1n) is 9.63. The molecule has 3 nitrogen and oxygen atoms in total. The number of nitrogens with one attached hydrogen (secondary N) is 1. The molecule has 162 valence electrons. The summed E-state index contributed by atoms with van der Waals surface area (Å²) in [6.45, 7) is 2.57. The van der Waals surface area contributed by atoms with E-state index in [9.17, 15) is 18.3 Å². The van der Waals surface area contributed by atoms with E-state index in [-0.39, 0.29) is 36.6 Å². The average molecular weight is 443 g/mol. The number of alkyl halides is 3. The number of hydrogen-bond acceptors (Lipinski definition) is 3. The summed E-state index contributed by atoms with van der Waals surface area (Å²) in [6.07, 6.45) is -0.0409. The van der Waals surface area contributed by atoms with Gasteiger partial charge in [0, 0.05) is 25.0 Å². The van der Waals surface area contributed by atoms with Crippen molar-refractivity contribution in [3.05, 3.63) is 35.4 Å². The van der Waals surface area contributed by atoms with Crippen LogP contribution in [-0.4, -0.2) is 48.8 Å². The van der Waals surface area contributed by atoms with Crippen LogP contribution < -0.4 is 5.32 Å². The molecule has 4 atom stereocenters. The highest BCUT2D eigenvalue weighted by Crippen LogP contribution is 2.39. The van der Waals surface area contributed by atoms with Crippen LogP contribution >= 0.6 is 24.8 Å². The van der Waals surface area contributed by atoms with E-state index in [1.54, 1.807) is 6.07 Å². The molecule has 1 aromatic carbocycles. The van der Waals surface area contributed by atoms with Crippen molar-refractivity contribution < 1.29 is 18.3 Å². The normalized spacial score (nSPS) is 27.0. The van der Waals surface area contributed by atoms with Gasteiger partial charge < -0.3 is 15.3 Å². The molecule has 3 rings (SSSR count). The van der Waals surface area contributed by atoms with Crippen molar-refractivity contribution >= 4 is 24.8 Å². The third kappa shape index (κ3) is 6.23. The Morgan fingerprint density at radius 1 is 1.18 bits per heavy atom. The fourth-order valence-electron chi connectivity index (χ4n) is 4.56. The van der Waals surface area contributed by atoms with Crippen LogP contribution in [0.5, 0.6) is 0 Å². The minimum absolute atomic E-state index is 0. The van der Waals surface area contributed by atoms with Crippen LogP contribution in [0.25, 0.3) is 0 Å². The molecule has 2 N–H and O–H groups in total. The van der Waals surface area contributed by atoms with Gasteiger partial charge in [-0.2, -0.15) is 13.2 Å². The first-order chi connectivity index (χ1) is 12.4.